The van der Waals surface area contributed by atoms with E-state index in [0.717, 1.165) is 22.6 Å². The molecule has 0 atom stereocenters. The minimum atomic E-state index is -0.242. The Morgan fingerprint density at radius 1 is 1.00 bits per heavy atom. The second-order valence-corrected chi connectivity index (χ2v) is 6.00. The van der Waals surface area contributed by atoms with E-state index in [1.165, 1.54) is 0 Å². The number of benzene rings is 2. The fourth-order valence-corrected chi connectivity index (χ4v) is 2.24. The molecule has 2 aromatic carbocycles. The highest BCUT2D eigenvalue weighted by Gasteiger charge is 2.06. The van der Waals surface area contributed by atoms with Gasteiger partial charge < -0.3 is 10.1 Å². The van der Waals surface area contributed by atoms with Crippen molar-refractivity contribution in [3.63, 3.8) is 0 Å². The smallest absolute Gasteiger partial charge is 0.244 e. The van der Waals surface area contributed by atoms with Gasteiger partial charge in [0.2, 0.25) is 11.8 Å². The summed E-state index contributed by atoms with van der Waals surface area (Å²) in [5.41, 5.74) is 5.71. The molecule has 0 aromatic heterocycles. The van der Waals surface area contributed by atoms with Crippen molar-refractivity contribution in [2.45, 2.75) is 26.7 Å². The Hall–Kier alpha value is -3.15. The molecule has 0 bridgehead atoms. The van der Waals surface area contributed by atoms with Crippen molar-refractivity contribution in [3.05, 3.63) is 59.7 Å². The van der Waals surface area contributed by atoms with Crippen molar-refractivity contribution in [1.82, 2.24) is 5.43 Å². The van der Waals surface area contributed by atoms with E-state index in [1.54, 1.807) is 26.2 Å². The Kier molecular flexibility index (Phi) is 6.91. The molecule has 0 fully saturated rings. The van der Waals surface area contributed by atoms with Gasteiger partial charge in [0, 0.05) is 11.4 Å². The van der Waals surface area contributed by atoms with Crippen molar-refractivity contribution in [3.8, 4) is 5.75 Å². The summed E-state index contributed by atoms with van der Waals surface area (Å²) in [6.07, 6.45) is 0.313. The number of aryl methyl sites for hydroxylation is 1. The molecular weight excluding hydrogens is 330 g/mol. The van der Waals surface area contributed by atoms with E-state index >= 15 is 0 Å². The van der Waals surface area contributed by atoms with E-state index in [4.69, 9.17) is 4.74 Å². The quantitative estimate of drug-likeness (QED) is 0.593. The fraction of sp³-hybridized carbons (Fsp3) is 0.250. The number of hydrogen-bond donors (Lipinski definition) is 2. The van der Waals surface area contributed by atoms with E-state index in [-0.39, 0.29) is 24.7 Å². The molecule has 0 aliphatic carbocycles. The molecule has 0 unspecified atom stereocenters. The van der Waals surface area contributed by atoms with E-state index < -0.39 is 0 Å². The third-order valence-corrected chi connectivity index (χ3v) is 3.65. The second kappa shape index (κ2) is 9.36. The average molecular weight is 353 g/mol. The molecule has 26 heavy (non-hydrogen) atoms. The molecule has 0 heterocycles. The summed E-state index contributed by atoms with van der Waals surface area (Å²) in [5.74, 6) is 0.315. The minimum Gasteiger partial charge on any atom is -0.497 e. The highest BCUT2D eigenvalue weighted by Crippen LogP contribution is 2.11. The van der Waals surface area contributed by atoms with Gasteiger partial charge in [-0.2, -0.15) is 5.10 Å². The van der Waals surface area contributed by atoms with Gasteiger partial charge in [0.15, 0.2) is 0 Å². The fourth-order valence-electron chi connectivity index (χ4n) is 2.24. The van der Waals surface area contributed by atoms with Crippen LogP contribution in [0.1, 0.15) is 24.5 Å². The first-order valence-corrected chi connectivity index (χ1v) is 8.27. The zero-order valence-corrected chi connectivity index (χ0v) is 15.2. The van der Waals surface area contributed by atoms with E-state index in [1.807, 2.05) is 43.3 Å². The Labute approximate surface area is 153 Å². The van der Waals surface area contributed by atoms with E-state index in [2.05, 4.69) is 15.8 Å². The summed E-state index contributed by atoms with van der Waals surface area (Å²) in [6.45, 7) is 3.68. The summed E-state index contributed by atoms with van der Waals surface area (Å²) in [7, 11) is 1.59. The highest BCUT2D eigenvalue weighted by atomic mass is 16.5. The van der Waals surface area contributed by atoms with Crippen LogP contribution in [0.4, 0.5) is 5.69 Å². The monoisotopic (exact) mass is 353 g/mol. The summed E-state index contributed by atoms with van der Waals surface area (Å²) in [4.78, 5) is 23.9. The van der Waals surface area contributed by atoms with Crippen LogP contribution in [0.25, 0.3) is 0 Å². The van der Waals surface area contributed by atoms with Gasteiger partial charge in [0.25, 0.3) is 0 Å². The van der Waals surface area contributed by atoms with Gasteiger partial charge in [0.05, 0.1) is 20.0 Å². The van der Waals surface area contributed by atoms with Gasteiger partial charge in [-0.15, -0.1) is 0 Å². The van der Waals surface area contributed by atoms with Crippen molar-refractivity contribution >= 4 is 23.2 Å². The number of carbonyl (C=O) groups excluding carboxylic acids is 2. The predicted octanol–water partition coefficient (Wildman–Crippen LogP) is 3.07. The Bertz CT molecular complexity index is 781. The molecule has 2 amide bonds. The molecule has 0 radical (unpaired) electrons. The van der Waals surface area contributed by atoms with Crippen molar-refractivity contribution in [2.24, 2.45) is 5.10 Å². The van der Waals surface area contributed by atoms with Gasteiger partial charge in [-0.1, -0.05) is 29.8 Å². The summed E-state index contributed by atoms with van der Waals surface area (Å²) in [6, 6.07) is 14.8. The van der Waals surface area contributed by atoms with Crippen LogP contribution >= 0.6 is 0 Å². The van der Waals surface area contributed by atoms with Crippen molar-refractivity contribution < 1.29 is 14.3 Å². The number of carbonyl (C=O) groups is 2. The van der Waals surface area contributed by atoms with Gasteiger partial charge >= 0.3 is 0 Å². The minimum absolute atomic E-state index is 0.108. The number of amides is 2. The molecule has 0 saturated heterocycles. The summed E-state index contributed by atoms with van der Waals surface area (Å²) in [5, 5.41) is 6.78. The van der Waals surface area contributed by atoms with Crippen LogP contribution in [0.15, 0.2) is 53.6 Å². The van der Waals surface area contributed by atoms with Crippen LogP contribution in [-0.2, 0) is 16.0 Å². The lowest BCUT2D eigenvalue weighted by molar-refractivity contribution is -0.120. The molecule has 0 aliphatic heterocycles. The van der Waals surface area contributed by atoms with Crippen molar-refractivity contribution in [2.75, 3.05) is 12.4 Å². The first-order valence-electron chi connectivity index (χ1n) is 8.27. The Balaban J connectivity index is 1.79. The SMILES string of the molecule is COc1ccc(CC(=O)NN=C(C)CC(=O)Nc2ccc(C)cc2)cc1. The maximum Gasteiger partial charge on any atom is 0.244 e. The van der Waals surface area contributed by atoms with Crippen molar-refractivity contribution in [1.29, 1.82) is 0 Å². The van der Waals surface area contributed by atoms with Crippen LogP contribution in [0, 0.1) is 6.92 Å². The number of anilines is 1. The molecule has 2 aromatic rings. The molecule has 2 rings (SSSR count). The zero-order valence-electron chi connectivity index (χ0n) is 15.2. The lowest BCUT2D eigenvalue weighted by Gasteiger charge is -2.06. The van der Waals surface area contributed by atoms with Gasteiger partial charge in [-0.25, -0.2) is 5.43 Å². The molecule has 6 heteroatoms. The second-order valence-electron chi connectivity index (χ2n) is 6.00. The molecule has 0 spiro atoms. The topological polar surface area (TPSA) is 79.8 Å². The highest BCUT2D eigenvalue weighted by molar-refractivity contribution is 6.05. The summed E-state index contributed by atoms with van der Waals surface area (Å²) >= 11 is 0. The molecule has 2 N–H and O–H groups in total. The number of ether oxygens (including phenoxy) is 1. The normalized spacial score (nSPS) is 11.0. The Morgan fingerprint density at radius 2 is 1.65 bits per heavy atom. The molecule has 136 valence electrons. The first kappa shape index (κ1) is 19.2. The average Bonchev–Trinajstić information content (AvgIpc) is 2.62. The lowest BCUT2D eigenvalue weighted by atomic mass is 10.1. The molecular formula is C20H23N3O3. The van der Waals surface area contributed by atoms with Crippen LogP contribution in [0.5, 0.6) is 5.75 Å². The number of nitrogens with zero attached hydrogens (tertiary/aromatic N) is 1. The van der Waals surface area contributed by atoms with E-state index in [9.17, 15) is 9.59 Å². The molecule has 6 nitrogen and oxygen atoms in total. The number of methoxy groups -OCH3 is 1. The van der Waals surface area contributed by atoms with Gasteiger partial charge in [0.1, 0.15) is 5.75 Å². The summed E-state index contributed by atoms with van der Waals surface area (Å²) < 4.78 is 5.08. The van der Waals surface area contributed by atoms with Gasteiger partial charge in [-0.05, 0) is 43.7 Å². The number of hydrazone groups is 1. The standard InChI is InChI=1S/C20H23N3O3/c1-14-4-8-17(9-5-14)21-19(24)12-15(2)22-23-20(25)13-16-6-10-18(26-3)11-7-16/h4-11H,12-13H2,1-3H3,(H,21,24)(H,23,25). The number of rotatable bonds is 7. The first-order chi connectivity index (χ1) is 12.5. The van der Waals surface area contributed by atoms with Crippen LogP contribution in [0.3, 0.4) is 0 Å². The number of hydrogen-bond acceptors (Lipinski definition) is 4. The van der Waals surface area contributed by atoms with Gasteiger partial charge in [-0.3, -0.25) is 9.59 Å². The third kappa shape index (κ3) is 6.39. The third-order valence-electron chi connectivity index (χ3n) is 3.65. The zero-order chi connectivity index (χ0) is 18.9. The maximum absolute atomic E-state index is 12.0. The molecule has 0 aliphatic rings. The maximum atomic E-state index is 12.0. The lowest BCUT2D eigenvalue weighted by Crippen LogP contribution is -2.22. The van der Waals surface area contributed by atoms with Crippen LogP contribution in [0.2, 0.25) is 0 Å². The van der Waals surface area contributed by atoms with Crippen LogP contribution in [-0.4, -0.2) is 24.6 Å². The van der Waals surface area contributed by atoms with E-state index in [0.29, 0.717) is 5.71 Å². The van der Waals surface area contributed by atoms with Crippen LogP contribution < -0.4 is 15.5 Å². The largest absolute Gasteiger partial charge is 0.497 e. The Morgan fingerprint density at radius 3 is 2.27 bits per heavy atom. The molecule has 0 saturated carbocycles. The predicted molar refractivity (Wildman–Crippen MR) is 102 cm³/mol. The number of nitrogens with one attached hydrogen (secondary N) is 2.